The van der Waals surface area contributed by atoms with Crippen molar-refractivity contribution in [3.63, 3.8) is 0 Å². The van der Waals surface area contributed by atoms with Crippen molar-refractivity contribution in [2.24, 2.45) is 0 Å². The third kappa shape index (κ3) is 5.58. The molecule has 192 valence electrons. The van der Waals surface area contributed by atoms with E-state index in [0.29, 0.717) is 16.2 Å². The molecular weight excluding hydrogens is 514 g/mol. The van der Waals surface area contributed by atoms with Gasteiger partial charge in [0.2, 0.25) is 0 Å². The number of hydroxylamine groups is 1. The van der Waals surface area contributed by atoms with Gasteiger partial charge in [-0.1, -0.05) is 30.3 Å². The van der Waals surface area contributed by atoms with E-state index in [1.54, 1.807) is 24.5 Å². The molecule has 37 heavy (non-hydrogen) atoms. The molecular formula is C26H25N3O6S2. The molecule has 0 fully saturated rings. The number of carbonyl (C=O) groups is 2. The van der Waals surface area contributed by atoms with Crippen molar-refractivity contribution in [1.82, 2.24) is 10.8 Å². The number of aryl methyl sites for hydroxylation is 1. The van der Waals surface area contributed by atoms with Crippen LogP contribution in [-0.2, 0) is 10.0 Å². The van der Waals surface area contributed by atoms with Gasteiger partial charge in [0.25, 0.3) is 21.8 Å². The number of nitrogens with zero attached hydrogens (tertiary/aromatic N) is 1. The Morgan fingerprint density at radius 1 is 1.00 bits per heavy atom. The number of hydrogen-bond donors (Lipinski definition) is 3. The Kier molecular flexibility index (Phi) is 7.77. The molecule has 9 nitrogen and oxygen atoms in total. The molecule has 0 bridgehead atoms. The quantitative estimate of drug-likeness (QED) is 0.168. The van der Waals surface area contributed by atoms with Crippen LogP contribution < -0.4 is 19.8 Å². The summed E-state index contributed by atoms with van der Waals surface area (Å²) in [7, 11) is -2.67. The van der Waals surface area contributed by atoms with Gasteiger partial charge in [-0.15, -0.1) is 11.3 Å². The Labute approximate surface area is 218 Å². The van der Waals surface area contributed by atoms with Crippen LogP contribution >= 0.6 is 11.3 Å². The highest BCUT2D eigenvalue weighted by molar-refractivity contribution is 7.92. The van der Waals surface area contributed by atoms with E-state index in [4.69, 9.17) is 9.94 Å². The van der Waals surface area contributed by atoms with Gasteiger partial charge in [-0.25, -0.2) is 13.9 Å². The third-order valence-electron chi connectivity index (χ3n) is 5.69. The molecule has 3 N–H and O–H groups in total. The number of amides is 2. The van der Waals surface area contributed by atoms with Crippen molar-refractivity contribution in [3.05, 3.63) is 88.8 Å². The van der Waals surface area contributed by atoms with Crippen LogP contribution in [-0.4, -0.2) is 45.6 Å². The minimum absolute atomic E-state index is 0.000904. The van der Waals surface area contributed by atoms with Crippen LogP contribution in [0.1, 0.15) is 25.6 Å². The highest BCUT2D eigenvalue weighted by Gasteiger charge is 2.26. The summed E-state index contributed by atoms with van der Waals surface area (Å²) in [5.41, 5.74) is 2.27. The lowest BCUT2D eigenvalue weighted by Gasteiger charge is -2.23. The van der Waals surface area contributed by atoms with E-state index in [1.807, 2.05) is 30.3 Å². The van der Waals surface area contributed by atoms with Gasteiger partial charge in [-0.05, 0) is 60.3 Å². The molecule has 0 atom stereocenters. The number of fused-ring (bicyclic) bond motifs is 1. The van der Waals surface area contributed by atoms with Crippen LogP contribution in [0.5, 0.6) is 5.75 Å². The Morgan fingerprint density at radius 3 is 2.43 bits per heavy atom. The number of anilines is 1. The van der Waals surface area contributed by atoms with E-state index in [1.165, 1.54) is 48.7 Å². The molecule has 0 aliphatic heterocycles. The second kappa shape index (κ2) is 11.0. The van der Waals surface area contributed by atoms with Gasteiger partial charge in [-0.2, -0.15) is 0 Å². The first kappa shape index (κ1) is 26.1. The highest BCUT2D eigenvalue weighted by Crippen LogP contribution is 2.30. The van der Waals surface area contributed by atoms with Crippen molar-refractivity contribution in [1.29, 1.82) is 0 Å². The van der Waals surface area contributed by atoms with Gasteiger partial charge in [0, 0.05) is 11.7 Å². The maximum atomic E-state index is 13.2. The predicted octanol–water partition coefficient (Wildman–Crippen LogP) is 3.96. The van der Waals surface area contributed by atoms with Crippen LogP contribution in [0.15, 0.2) is 77.7 Å². The second-order valence-electron chi connectivity index (χ2n) is 8.11. The van der Waals surface area contributed by atoms with Crippen molar-refractivity contribution in [2.45, 2.75) is 11.8 Å². The van der Waals surface area contributed by atoms with Crippen LogP contribution in [0.3, 0.4) is 0 Å². The maximum absolute atomic E-state index is 13.2. The summed E-state index contributed by atoms with van der Waals surface area (Å²) in [5, 5.41) is 12.9. The lowest BCUT2D eigenvalue weighted by molar-refractivity contribution is 0.0707. The maximum Gasteiger partial charge on any atom is 0.276 e. The summed E-state index contributed by atoms with van der Waals surface area (Å²) in [6, 6.07) is 20.2. The molecule has 0 radical (unpaired) electrons. The first-order valence-corrected chi connectivity index (χ1v) is 13.5. The van der Waals surface area contributed by atoms with Gasteiger partial charge < -0.3 is 10.1 Å². The summed E-state index contributed by atoms with van der Waals surface area (Å²) in [6.45, 7) is 2.15. The minimum Gasteiger partial charge on any atom is -0.492 e. The SMILES string of the molecule is Cc1cccc(C(=O)NO)c1N(C)S(=O)(=O)c1ccc(OCCNC(=O)c2cc3ccccc3s2)cc1. The Balaban J connectivity index is 1.38. The summed E-state index contributed by atoms with van der Waals surface area (Å²) in [6.07, 6.45) is 0. The van der Waals surface area contributed by atoms with E-state index in [0.717, 1.165) is 14.4 Å². The monoisotopic (exact) mass is 539 g/mol. The molecule has 0 saturated carbocycles. The summed E-state index contributed by atoms with van der Waals surface area (Å²) in [5.74, 6) is -0.558. The lowest BCUT2D eigenvalue weighted by Crippen LogP contribution is -2.30. The molecule has 0 aliphatic rings. The van der Waals surface area contributed by atoms with Crippen LogP contribution in [0.25, 0.3) is 10.1 Å². The summed E-state index contributed by atoms with van der Waals surface area (Å²) >= 11 is 1.42. The fraction of sp³-hybridized carbons (Fsp3) is 0.154. The van der Waals surface area contributed by atoms with E-state index >= 15 is 0 Å². The van der Waals surface area contributed by atoms with Gasteiger partial charge in [0.1, 0.15) is 12.4 Å². The molecule has 0 aliphatic carbocycles. The van der Waals surface area contributed by atoms with Crippen molar-refractivity contribution in [3.8, 4) is 5.75 Å². The second-order valence-corrected chi connectivity index (χ2v) is 11.2. The average molecular weight is 540 g/mol. The smallest absolute Gasteiger partial charge is 0.276 e. The highest BCUT2D eigenvalue weighted by atomic mass is 32.2. The van der Waals surface area contributed by atoms with Crippen molar-refractivity contribution >= 4 is 48.9 Å². The van der Waals surface area contributed by atoms with Gasteiger partial charge in [0.15, 0.2) is 0 Å². The zero-order valence-corrected chi connectivity index (χ0v) is 21.7. The number of thiophene rings is 1. The first-order chi connectivity index (χ1) is 17.7. The number of ether oxygens (including phenoxy) is 1. The summed E-state index contributed by atoms with van der Waals surface area (Å²) in [4.78, 5) is 25.1. The normalized spacial score (nSPS) is 11.2. The number of nitrogens with one attached hydrogen (secondary N) is 2. The van der Waals surface area contributed by atoms with Crippen molar-refractivity contribution in [2.75, 3.05) is 24.5 Å². The van der Waals surface area contributed by atoms with Gasteiger partial charge in [-0.3, -0.25) is 19.1 Å². The molecule has 0 saturated heterocycles. The predicted molar refractivity (Wildman–Crippen MR) is 142 cm³/mol. The number of hydrogen-bond acceptors (Lipinski definition) is 7. The van der Waals surface area contributed by atoms with Crippen LogP contribution in [0, 0.1) is 6.92 Å². The molecule has 4 aromatic rings. The first-order valence-electron chi connectivity index (χ1n) is 11.2. The van der Waals surface area contributed by atoms with Gasteiger partial charge >= 0.3 is 0 Å². The fourth-order valence-corrected chi connectivity index (χ4v) is 6.08. The van der Waals surface area contributed by atoms with Crippen LogP contribution in [0.2, 0.25) is 0 Å². The molecule has 2 amide bonds. The van der Waals surface area contributed by atoms with Gasteiger partial charge in [0.05, 0.1) is 27.6 Å². The number of rotatable bonds is 9. The van der Waals surface area contributed by atoms with E-state index in [-0.39, 0.29) is 35.2 Å². The number of benzene rings is 3. The van der Waals surface area contributed by atoms with Crippen LogP contribution in [0.4, 0.5) is 5.69 Å². The number of sulfonamides is 1. The summed E-state index contributed by atoms with van der Waals surface area (Å²) < 4.78 is 34.2. The average Bonchev–Trinajstić information content (AvgIpc) is 3.35. The minimum atomic E-state index is -4.01. The molecule has 1 aromatic heterocycles. The standard InChI is InChI=1S/C26H25N3O6S2/c1-17-6-5-8-21(25(30)28-32)24(17)29(2)37(33,34)20-12-10-19(11-13-20)35-15-14-27-26(31)23-16-18-7-3-4-9-22(18)36-23/h3-13,16,32H,14-15H2,1-2H3,(H,27,31)(H,28,30). The molecule has 3 aromatic carbocycles. The molecule has 11 heteroatoms. The largest absolute Gasteiger partial charge is 0.492 e. The van der Waals surface area contributed by atoms with E-state index < -0.39 is 15.9 Å². The molecule has 4 rings (SSSR count). The van der Waals surface area contributed by atoms with E-state index in [9.17, 15) is 18.0 Å². The molecule has 0 unspecified atom stereocenters. The Hall–Kier alpha value is -3.93. The zero-order valence-electron chi connectivity index (χ0n) is 20.1. The molecule has 1 heterocycles. The van der Waals surface area contributed by atoms with E-state index in [2.05, 4.69) is 5.32 Å². The fourth-order valence-electron chi connectivity index (χ4n) is 3.82. The lowest BCUT2D eigenvalue weighted by atomic mass is 10.1. The number of carbonyl (C=O) groups excluding carboxylic acids is 2. The van der Waals surface area contributed by atoms with Crippen molar-refractivity contribution < 1.29 is 28.0 Å². The number of para-hydroxylation sites is 1. The Morgan fingerprint density at radius 2 is 1.73 bits per heavy atom. The third-order valence-corrected chi connectivity index (χ3v) is 8.57. The Bertz CT molecular complexity index is 1520. The zero-order chi connectivity index (χ0) is 26.6. The topological polar surface area (TPSA) is 125 Å². The molecule has 0 spiro atoms.